The standard InChI is InChI=1S/C26H27N3O3/c1-3-4-14-27-25(30)23-17-29(26(31)22-16-20(32-2)11-12-21(22)23)15-13-19-10-9-18-7-5-6-8-24(18)28-19/h5-12,16-17H,3-4,13-15H2,1-2H3,(H,27,30). The van der Waals surface area contributed by atoms with Gasteiger partial charge in [0.05, 0.1) is 23.6 Å². The molecule has 0 radical (unpaired) electrons. The Morgan fingerprint density at radius 1 is 1.09 bits per heavy atom. The van der Waals surface area contributed by atoms with E-state index >= 15 is 0 Å². The molecule has 0 saturated heterocycles. The van der Waals surface area contributed by atoms with Gasteiger partial charge in [-0.2, -0.15) is 0 Å². The van der Waals surface area contributed by atoms with Gasteiger partial charge in [0.1, 0.15) is 5.75 Å². The van der Waals surface area contributed by atoms with Gasteiger partial charge in [-0.05, 0) is 36.8 Å². The highest BCUT2D eigenvalue weighted by Crippen LogP contribution is 2.22. The molecule has 0 fully saturated rings. The molecule has 0 spiro atoms. The summed E-state index contributed by atoms with van der Waals surface area (Å²) in [6.45, 7) is 3.11. The molecule has 0 aliphatic rings. The van der Waals surface area contributed by atoms with Crippen LogP contribution in [0.5, 0.6) is 5.75 Å². The molecule has 4 rings (SSSR count). The molecule has 1 N–H and O–H groups in total. The van der Waals surface area contributed by atoms with Crippen LogP contribution in [0.2, 0.25) is 0 Å². The molecular formula is C26H27N3O3. The van der Waals surface area contributed by atoms with Crippen molar-refractivity contribution < 1.29 is 9.53 Å². The number of carbonyl (C=O) groups is 1. The molecule has 4 aromatic rings. The van der Waals surface area contributed by atoms with Crippen molar-refractivity contribution in [3.05, 3.63) is 82.4 Å². The zero-order chi connectivity index (χ0) is 22.5. The molecule has 0 aliphatic carbocycles. The number of unbranched alkanes of at least 4 members (excludes halogenated alkanes) is 1. The van der Waals surface area contributed by atoms with Crippen molar-refractivity contribution in [2.24, 2.45) is 0 Å². The van der Waals surface area contributed by atoms with Crippen molar-refractivity contribution in [2.75, 3.05) is 13.7 Å². The molecule has 32 heavy (non-hydrogen) atoms. The quantitative estimate of drug-likeness (QED) is 0.423. The summed E-state index contributed by atoms with van der Waals surface area (Å²) in [5.74, 6) is 0.409. The van der Waals surface area contributed by atoms with Gasteiger partial charge in [-0.25, -0.2) is 0 Å². The third kappa shape index (κ3) is 4.49. The van der Waals surface area contributed by atoms with Gasteiger partial charge in [0.2, 0.25) is 0 Å². The average Bonchev–Trinajstić information content (AvgIpc) is 2.83. The number of fused-ring (bicyclic) bond motifs is 2. The minimum Gasteiger partial charge on any atom is -0.497 e. The molecule has 0 aliphatic heterocycles. The number of carbonyl (C=O) groups excluding carboxylic acids is 1. The number of hydrogen-bond acceptors (Lipinski definition) is 4. The zero-order valence-electron chi connectivity index (χ0n) is 18.4. The highest BCUT2D eigenvalue weighted by molar-refractivity contribution is 6.06. The second-order valence-electron chi connectivity index (χ2n) is 7.81. The van der Waals surface area contributed by atoms with E-state index in [2.05, 4.69) is 12.2 Å². The van der Waals surface area contributed by atoms with Gasteiger partial charge in [-0.3, -0.25) is 14.6 Å². The third-order valence-corrected chi connectivity index (χ3v) is 5.62. The number of nitrogens with zero attached hydrogens (tertiary/aromatic N) is 2. The van der Waals surface area contributed by atoms with E-state index in [1.807, 2.05) is 36.4 Å². The number of para-hydroxylation sites is 1. The van der Waals surface area contributed by atoms with Crippen LogP contribution in [0.3, 0.4) is 0 Å². The van der Waals surface area contributed by atoms with Crippen LogP contribution in [-0.2, 0) is 13.0 Å². The predicted molar refractivity (Wildman–Crippen MR) is 127 cm³/mol. The Morgan fingerprint density at radius 2 is 1.94 bits per heavy atom. The summed E-state index contributed by atoms with van der Waals surface area (Å²) in [6.07, 6.45) is 4.15. The van der Waals surface area contributed by atoms with Crippen LogP contribution in [0.4, 0.5) is 0 Å². The Kier molecular flexibility index (Phi) is 6.50. The number of ether oxygens (including phenoxy) is 1. The van der Waals surface area contributed by atoms with Crippen molar-refractivity contribution in [1.29, 1.82) is 0 Å². The monoisotopic (exact) mass is 429 g/mol. The molecule has 2 aromatic carbocycles. The molecule has 6 heteroatoms. The fourth-order valence-electron chi connectivity index (χ4n) is 3.80. The normalized spacial score (nSPS) is 11.1. The van der Waals surface area contributed by atoms with Crippen molar-refractivity contribution >= 4 is 27.6 Å². The van der Waals surface area contributed by atoms with Gasteiger partial charge in [0, 0.05) is 42.2 Å². The zero-order valence-corrected chi connectivity index (χ0v) is 18.4. The highest BCUT2D eigenvalue weighted by atomic mass is 16.5. The average molecular weight is 430 g/mol. The molecule has 6 nitrogen and oxygen atoms in total. The number of aryl methyl sites for hydroxylation is 2. The SMILES string of the molecule is CCCCNC(=O)c1cn(CCc2ccc3ccccc3n2)c(=O)c2cc(OC)ccc12. The predicted octanol–water partition coefficient (Wildman–Crippen LogP) is 4.33. The molecule has 0 saturated carbocycles. The topological polar surface area (TPSA) is 73.2 Å². The van der Waals surface area contributed by atoms with E-state index in [1.54, 1.807) is 36.1 Å². The molecular weight excluding hydrogens is 402 g/mol. The molecule has 2 aromatic heterocycles. The lowest BCUT2D eigenvalue weighted by Gasteiger charge is -2.13. The summed E-state index contributed by atoms with van der Waals surface area (Å²) in [5, 5.41) is 5.14. The maximum Gasteiger partial charge on any atom is 0.258 e. The summed E-state index contributed by atoms with van der Waals surface area (Å²) in [4.78, 5) is 30.8. The van der Waals surface area contributed by atoms with Crippen LogP contribution in [0.25, 0.3) is 21.7 Å². The van der Waals surface area contributed by atoms with E-state index in [-0.39, 0.29) is 11.5 Å². The summed E-state index contributed by atoms with van der Waals surface area (Å²) in [7, 11) is 1.56. The fraction of sp³-hybridized carbons (Fsp3) is 0.269. The number of amides is 1. The first-order valence-electron chi connectivity index (χ1n) is 10.9. The van der Waals surface area contributed by atoms with E-state index in [4.69, 9.17) is 9.72 Å². The lowest BCUT2D eigenvalue weighted by Crippen LogP contribution is -2.28. The molecule has 164 valence electrons. The van der Waals surface area contributed by atoms with Gasteiger partial charge >= 0.3 is 0 Å². The second-order valence-corrected chi connectivity index (χ2v) is 7.81. The minimum absolute atomic E-state index is 0.148. The summed E-state index contributed by atoms with van der Waals surface area (Å²) in [5.41, 5.74) is 2.17. The Balaban J connectivity index is 1.69. The van der Waals surface area contributed by atoms with E-state index in [0.29, 0.717) is 41.6 Å². The number of pyridine rings is 2. The minimum atomic E-state index is -0.175. The number of rotatable bonds is 8. The Labute approximate surface area is 186 Å². The van der Waals surface area contributed by atoms with Crippen LogP contribution >= 0.6 is 0 Å². The first kappa shape index (κ1) is 21.6. The summed E-state index contributed by atoms with van der Waals surface area (Å²) < 4.78 is 6.91. The molecule has 0 bridgehead atoms. The van der Waals surface area contributed by atoms with Crippen LogP contribution in [0.1, 0.15) is 35.8 Å². The third-order valence-electron chi connectivity index (χ3n) is 5.62. The fourth-order valence-corrected chi connectivity index (χ4v) is 3.80. The van der Waals surface area contributed by atoms with Gasteiger partial charge in [0.15, 0.2) is 0 Å². The highest BCUT2D eigenvalue weighted by Gasteiger charge is 2.15. The Morgan fingerprint density at radius 3 is 2.75 bits per heavy atom. The summed E-state index contributed by atoms with van der Waals surface area (Å²) in [6, 6.07) is 17.2. The van der Waals surface area contributed by atoms with E-state index in [1.165, 1.54) is 0 Å². The van der Waals surface area contributed by atoms with Crippen LogP contribution in [-0.4, -0.2) is 29.1 Å². The molecule has 2 heterocycles. The van der Waals surface area contributed by atoms with E-state index in [9.17, 15) is 9.59 Å². The number of nitrogens with one attached hydrogen (secondary N) is 1. The maximum atomic E-state index is 13.2. The number of benzene rings is 2. The van der Waals surface area contributed by atoms with Crippen molar-refractivity contribution in [3.63, 3.8) is 0 Å². The number of hydrogen-bond donors (Lipinski definition) is 1. The second kappa shape index (κ2) is 9.64. The van der Waals surface area contributed by atoms with Crippen LogP contribution < -0.4 is 15.6 Å². The number of methoxy groups -OCH3 is 1. The van der Waals surface area contributed by atoms with Crippen molar-refractivity contribution in [3.8, 4) is 5.75 Å². The van der Waals surface area contributed by atoms with Crippen LogP contribution in [0.15, 0.2) is 65.6 Å². The molecule has 0 unspecified atom stereocenters. The summed E-state index contributed by atoms with van der Waals surface area (Å²) >= 11 is 0. The van der Waals surface area contributed by atoms with E-state index < -0.39 is 0 Å². The van der Waals surface area contributed by atoms with E-state index in [0.717, 1.165) is 29.4 Å². The van der Waals surface area contributed by atoms with Gasteiger partial charge < -0.3 is 14.6 Å². The maximum absolute atomic E-state index is 13.2. The lowest BCUT2D eigenvalue weighted by atomic mass is 10.1. The first-order valence-corrected chi connectivity index (χ1v) is 10.9. The Hall–Kier alpha value is -3.67. The smallest absolute Gasteiger partial charge is 0.258 e. The van der Waals surface area contributed by atoms with Gasteiger partial charge in [-0.1, -0.05) is 37.6 Å². The largest absolute Gasteiger partial charge is 0.497 e. The van der Waals surface area contributed by atoms with Gasteiger partial charge in [-0.15, -0.1) is 0 Å². The van der Waals surface area contributed by atoms with Crippen LogP contribution in [0, 0.1) is 0 Å². The molecule has 0 atom stereocenters. The van der Waals surface area contributed by atoms with Crippen molar-refractivity contribution in [1.82, 2.24) is 14.9 Å². The van der Waals surface area contributed by atoms with Gasteiger partial charge in [0.25, 0.3) is 11.5 Å². The molecule has 1 amide bonds. The Bertz CT molecular complexity index is 1330. The van der Waals surface area contributed by atoms with Crippen molar-refractivity contribution in [2.45, 2.75) is 32.7 Å². The number of aromatic nitrogens is 2. The lowest BCUT2D eigenvalue weighted by molar-refractivity contribution is 0.0954. The first-order chi connectivity index (χ1) is 15.6.